The molecule has 2 atom stereocenters. The Morgan fingerprint density at radius 3 is 2.31 bits per heavy atom. The highest BCUT2D eigenvalue weighted by molar-refractivity contribution is 4.86. The first-order valence-corrected chi connectivity index (χ1v) is 5.35. The van der Waals surface area contributed by atoms with Crippen molar-refractivity contribution < 1.29 is 0 Å². The highest BCUT2D eigenvalue weighted by atomic mass is 16.3. The Kier molecular flexibility index (Phi) is 2.51. The van der Waals surface area contributed by atoms with E-state index in [0.717, 1.165) is 11.8 Å². The minimum absolute atomic E-state index is 0.432. The van der Waals surface area contributed by atoms with Crippen LogP contribution in [0.4, 0.5) is 0 Å². The van der Waals surface area contributed by atoms with Crippen LogP contribution >= 0.6 is 0 Å². The first-order valence-electron chi connectivity index (χ1n) is 5.35. The van der Waals surface area contributed by atoms with Gasteiger partial charge in [0.05, 0.1) is 11.3 Å². The van der Waals surface area contributed by atoms with E-state index in [-0.39, 0.29) is 0 Å². The molecule has 0 saturated heterocycles. The Balaban J connectivity index is 1.97. The Hall–Kier alpha value is -0.600. The van der Waals surface area contributed by atoms with E-state index in [0.29, 0.717) is 6.04 Å². The monoisotopic (exact) mass is 182 g/mol. The molecule has 3 heteroatoms. The Morgan fingerprint density at radius 2 is 1.77 bits per heavy atom. The van der Waals surface area contributed by atoms with Crippen molar-refractivity contribution in [1.29, 1.82) is 0 Å². The lowest BCUT2D eigenvalue weighted by Gasteiger charge is -2.40. The average Bonchev–Trinajstić information content (AvgIpc) is 2.16. The SMILES string of the molecule is CN(N=O)C1CC2CCCC(C2)C1. The summed E-state index contributed by atoms with van der Waals surface area (Å²) in [5.74, 6) is 1.75. The molecule has 2 saturated carbocycles. The fourth-order valence-corrected chi connectivity index (χ4v) is 3.07. The summed E-state index contributed by atoms with van der Waals surface area (Å²) in [6, 6.07) is 0.432. The zero-order chi connectivity index (χ0) is 9.26. The standard InChI is InChI=1S/C10H18N2O/c1-12(11-13)10-6-8-3-2-4-9(5-8)7-10/h8-10H,2-7H2,1H3. The van der Waals surface area contributed by atoms with Gasteiger partial charge < -0.3 is 0 Å². The molecule has 13 heavy (non-hydrogen) atoms. The highest BCUT2D eigenvalue weighted by Gasteiger charge is 2.33. The lowest BCUT2D eigenvalue weighted by molar-refractivity contribution is 0.0895. The third kappa shape index (κ3) is 1.84. The summed E-state index contributed by atoms with van der Waals surface area (Å²) in [4.78, 5) is 10.4. The lowest BCUT2D eigenvalue weighted by Crippen LogP contribution is -2.37. The Bertz CT molecular complexity index is 183. The normalized spacial score (nSPS) is 38.4. The minimum atomic E-state index is 0.432. The first-order chi connectivity index (χ1) is 6.29. The van der Waals surface area contributed by atoms with E-state index in [1.807, 2.05) is 7.05 Å². The number of hydrogen-bond acceptors (Lipinski definition) is 2. The third-order valence-corrected chi connectivity index (χ3v) is 3.76. The molecule has 2 aliphatic rings. The van der Waals surface area contributed by atoms with Crippen molar-refractivity contribution in [3.63, 3.8) is 0 Å². The Labute approximate surface area is 79.4 Å². The molecular formula is C10H18N2O. The largest absolute Gasteiger partial charge is 0.261 e. The fourth-order valence-electron chi connectivity index (χ4n) is 3.07. The molecule has 0 aromatic rings. The first kappa shape index (κ1) is 8.97. The summed E-state index contributed by atoms with van der Waals surface area (Å²) in [6.45, 7) is 0. The Morgan fingerprint density at radius 1 is 1.15 bits per heavy atom. The van der Waals surface area contributed by atoms with Gasteiger partial charge in [0.25, 0.3) is 0 Å². The second-order valence-electron chi connectivity index (χ2n) is 4.68. The van der Waals surface area contributed by atoms with Gasteiger partial charge in [-0.1, -0.05) is 19.3 Å². The molecule has 0 aromatic heterocycles. The van der Waals surface area contributed by atoms with Gasteiger partial charge in [0.1, 0.15) is 0 Å². The van der Waals surface area contributed by atoms with E-state index in [4.69, 9.17) is 0 Å². The maximum atomic E-state index is 10.4. The number of rotatable bonds is 2. The number of nitroso groups, excluding NO2 is 1. The van der Waals surface area contributed by atoms with Gasteiger partial charge in [0.2, 0.25) is 0 Å². The molecule has 2 bridgehead atoms. The van der Waals surface area contributed by atoms with E-state index in [1.54, 1.807) is 5.01 Å². The highest BCUT2D eigenvalue weighted by Crippen LogP contribution is 2.41. The van der Waals surface area contributed by atoms with Crippen LogP contribution in [0.15, 0.2) is 5.29 Å². The van der Waals surface area contributed by atoms with Crippen molar-refractivity contribution in [2.75, 3.05) is 7.05 Å². The molecule has 2 aliphatic carbocycles. The summed E-state index contributed by atoms with van der Waals surface area (Å²) in [5, 5.41) is 4.65. The minimum Gasteiger partial charge on any atom is -0.261 e. The van der Waals surface area contributed by atoms with Crippen LogP contribution in [-0.2, 0) is 0 Å². The van der Waals surface area contributed by atoms with Gasteiger partial charge in [-0.3, -0.25) is 5.01 Å². The quantitative estimate of drug-likeness (QED) is 0.485. The summed E-state index contributed by atoms with van der Waals surface area (Å²) in [6.07, 6.45) is 7.94. The van der Waals surface area contributed by atoms with Crippen molar-refractivity contribution in [2.45, 2.75) is 44.6 Å². The molecule has 0 heterocycles. The molecule has 0 radical (unpaired) electrons. The van der Waals surface area contributed by atoms with Gasteiger partial charge in [-0.15, -0.1) is 4.91 Å². The van der Waals surface area contributed by atoms with E-state index < -0.39 is 0 Å². The summed E-state index contributed by atoms with van der Waals surface area (Å²) in [5.41, 5.74) is 0. The lowest BCUT2D eigenvalue weighted by atomic mass is 9.70. The molecule has 0 amide bonds. The summed E-state index contributed by atoms with van der Waals surface area (Å²) >= 11 is 0. The molecule has 0 spiro atoms. The molecule has 0 N–H and O–H groups in total. The predicted molar refractivity (Wildman–Crippen MR) is 52.0 cm³/mol. The number of hydrogen-bond donors (Lipinski definition) is 0. The molecule has 0 aliphatic heterocycles. The summed E-state index contributed by atoms with van der Waals surface area (Å²) in [7, 11) is 1.82. The van der Waals surface area contributed by atoms with E-state index in [9.17, 15) is 4.91 Å². The predicted octanol–water partition coefficient (Wildman–Crippen LogP) is 2.57. The van der Waals surface area contributed by atoms with Crippen molar-refractivity contribution in [2.24, 2.45) is 17.1 Å². The fraction of sp³-hybridized carbons (Fsp3) is 1.00. The van der Waals surface area contributed by atoms with Gasteiger partial charge >= 0.3 is 0 Å². The zero-order valence-electron chi connectivity index (χ0n) is 8.28. The van der Waals surface area contributed by atoms with Gasteiger partial charge in [-0.2, -0.15) is 0 Å². The smallest absolute Gasteiger partial charge is 0.0523 e. The van der Waals surface area contributed by atoms with Gasteiger partial charge in [0, 0.05) is 7.05 Å². The van der Waals surface area contributed by atoms with Crippen molar-refractivity contribution in [3.05, 3.63) is 4.91 Å². The topological polar surface area (TPSA) is 32.7 Å². The van der Waals surface area contributed by atoms with Crippen LogP contribution in [0, 0.1) is 16.7 Å². The van der Waals surface area contributed by atoms with E-state index in [1.165, 1.54) is 38.5 Å². The second kappa shape index (κ2) is 3.64. The van der Waals surface area contributed by atoms with E-state index >= 15 is 0 Å². The maximum Gasteiger partial charge on any atom is 0.0523 e. The van der Waals surface area contributed by atoms with Crippen LogP contribution in [-0.4, -0.2) is 18.1 Å². The van der Waals surface area contributed by atoms with Crippen molar-refractivity contribution >= 4 is 0 Å². The van der Waals surface area contributed by atoms with Crippen molar-refractivity contribution in [3.8, 4) is 0 Å². The molecule has 2 unspecified atom stereocenters. The van der Waals surface area contributed by atoms with E-state index in [2.05, 4.69) is 5.29 Å². The molecule has 0 aromatic carbocycles. The average molecular weight is 182 g/mol. The van der Waals surface area contributed by atoms with Crippen LogP contribution in [0.3, 0.4) is 0 Å². The van der Waals surface area contributed by atoms with Crippen molar-refractivity contribution in [1.82, 2.24) is 5.01 Å². The molecule has 74 valence electrons. The molecule has 2 fully saturated rings. The van der Waals surface area contributed by atoms with Crippen LogP contribution in [0.25, 0.3) is 0 Å². The van der Waals surface area contributed by atoms with Gasteiger partial charge in [-0.25, -0.2) is 0 Å². The number of nitrogens with zero attached hydrogens (tertiary/aromatic N) is 2. The maximum absolute atomic E-state index is 10.4. The second-order valence-corrected chi connectivity index (χ2v) is 4.68. The van der Waals surface area contributed by atoms with Crippen LogP contribution in [0.5, 0.6) is 0 Å². The summed E-state index contributed by atoms with van der Waals surface area (Å²) < 4.78 is 0. The molecule has 3 nitrogen and oxygen atoms in total. The molecular weight excluding hydrogens is 164 g/mol. The zero-order valence-corrected chi connectivity index (χ0v) is 8.28. The third-order valence-electron chi connectivity index (χ3n) is 3.76. The molecule has 2 rings (SSSR count). The number of fused-ring (bicyclic) bond motifs is 2. The van der Waals surface area contributed by atoms with Crippen LogP contribution < -0.4 is 0 Å². The van der Waals surface area contributed by atoms with Crippen LogP contribution in [0.2, 0.25) is 0 Å². The van der Waals surface area contributed by atoms with Gasteiger partial charge in [-0.05, 0) is 31.1 Å². The van der Waals surface area contributed by atoms with Crippen LogP contribution in [0.1, 0.15) is 38.5 Å². The van der Waals surface area contributed by atoms with Gasteiger partial charge in [0.15, 0.2) is 0 Å².